The summed E-state index contributed by atoms with van der Waals surface area (Å²) in [5.74, 6) is 1.81. The Morgan fingerprint density at radius 3 is 2.94 bits per heavy atom. The van der Waals surface area contributed by atoms with Crippen molar-refractivity contribution in [3.05, 3.63) is 28.3 Å². The van der Waals surface area contributed by atoms with Crippen molar-refractivity contribution in [2.75, 3.05) is 6.61 Å². The van der Waals surface area contributed by atoms with Crippen molar-refractivity contribution in [1.29, 1.82) is 0 Å². The van der Waals surface area contributed by atoms with E-state index in [1.54, 1.807) is 0 Å². The zero-order chi connectivity index (χ0) is 11.1. The van der Waals surface area contributed by atoms with Gasteiger partial charge in [0.2, 0.25) is 0 Å². The van der Waals surface area contributed by atoms with E-state index in [0.29, 0.717) is 0 Å². The molecular weight excluding hydrogens is 243 g/mol. The second kappa shape index (κ2) is 4.12. The molecule has 1 nitrogen and oxygen atoms in total. The highest BCUT2D eigenvalue weighted by atomic mass is 35.5. The monoisotopic (exact) mass is 256 g/mol. The molecular formula is C13H14Cl2O. The summed E-state index contributed by atoms with van der Waals surface area (Å²) in [6.45, 7) is 0.760. The standard InChI is InChI=1S/C13H14Cl2O/c14-10-6-9-3-4-16-13(9)11(7-10)12(15)5-8-1-2-8/h6-8,12H,1-5H2. The van der Waals surface area contributed by atoms with Gasteiger partial charge in [0.05, 0.1) is 12.0 Å². The average Bonchev–Trinajstić information content (AvgIpc) is 2.93. The zero-order valence-corrected chi connectivity index (χ0v) is 10.5. The van der Waals surface area contributed by atoms with Crippen LogP contribution in [-0.2, 0) is 6.42 Å². The fraction of sp³-hybridized carbons (Fsp3) is 0.538. The van der Waals surface area contributed by atoms with Gasteiger partial charge in [-0.25, -0.2) is 0 Å². The number of rotatable bonds is 3. The summed E-state index contributed by atoms with van der Waals surface area (Å²) in [6, 6.07) is 3.96. The number of benzene rings is 1. The number of halogens is 2. The van der Waals surface area contributed by atoms with Crippen LogP contribution in [0.1, 0.15) is 35.8 Å². The van der Waals surface area contributed by atoms with Gasteiger partial charge in [-0.1, -0.05) is 24.4 Å². The molecule has 0 saturated heterocycles. The predicted octanol–water partition coefficient (Wildman–Crippen LogP) is 4.35. The molecule has 1 atom stereocenters. The summed E-state index contributed by atoms with van der Waals surface area (Å²) in [6.07, 6.45) is 4.66. The lowest BCUT2D eigenvalue weighted by atomic mass is 10.0. The van der Waals surface area contributed by atoms with Crippen LogP contribution in [0.2, 0.25) is 5.02 Å². The van der Waals surface area contributed by atoms with Crippen LogP contribution in [0.15, 0.2) is 12.1 Å². The van der Waals surface area contributed by atoms with Gasteiger partial charge in [0, 0.05) is 17.0 Å². The first-order valence-electron chi connectivity index (χ1n) is 5.83. The predicted molar refractivity (Wildman–Crippen MR) is 66.6 cm³/mol. The molecule has 0 amide bonds. The lowest BCUT2D eigenvalue weighted by Crippen LogP contribution is -1.96. The van der Waals surface area contributed by atoms with E-state index < -0.39 is 0 Å². The summed E-state index contributed by atoms with van der Waals surface area (Å²) in [5, 5.41) is 0.832. The van der Waals surface area contributed by atoms with Crippen molar-refractivity contribution < 1.29 is 4.74 Å². The largest absolute Gasteiger partial charge is 0.493 e. The third-order valence-corrected chi connectivity index (χ3v) is 3.98. The molecule has 1 heterocycles. The van der Waals surface area contributed by atoms with E-state index in [0.717, 1.165) is 41.7 Å². The molecule has 1 aromatic carbocycles. The van der Waals surface area contributed by atoms with E-state index in [9.17, 15) is 0 Å². The van der Waals surface area contributed by atoms with Crippen molar-refractivity contribution in [3.63, 3.8) is 0 Å². The van der Waals surface area contributed by atoms with E-state index in [2.05, 4.69) is 0 Å². The van der Waals surface area contributed by atoms with E-state index in [1.165, 1.54) is 18.4 Å². The molecule has 16 heavy (non-hydrogen) atoms. The van der Waals surface area contributed by atoms with Crippen LogP contribution in [0.4, 0.5) is 0 Å². The van der Waals surface area contributed by atoms with Gasteiger partial charge >= 0.3 is 0 Å². The lowest BCUT2D eigenvalue weighted by molar-refractivity contribution is 0.352. The van der Waals surface area contributed by atoms with Gasteiger partial charge in [0.25, 0.3) is 0 Å². The molecule has 0 aromatic heterocycles. The van der Waals surface area contributed by atoms with Crippen molar-refractivity contribution in [1.82, 2.24) is 0 Å². The first-order valence-corrected chi connectivity index (χ1v) is 6.64. The minimum Gasteiger partial charge on any atom is -0.493 e. The van der Waals surface area contributed by atoms with Crippen molar-refractivity contribution in [2.24, 2.45) is 5.92 Å². The molecule has 0 spiro atoms. The first kappa shape index (κ1) is 10.7. The summed E-state index contributed by atoms with van der Waals surface area (Å²) in [5.41, 5.74) is 2.30. The van der Waals surface area contributed by atoms with E-state index in [-0.39, 0.29) is 5.38 Å². The quantitative estimate of drug-likeness (QED) is 0.731. The maximum Gasteiger partial charge on any atom is 0.127 e. The molecule has 3 heteroatoms. The number of fused-ring (bicyclic) bond motifs is 1. The highest BCUT2D eigenvalue weighted by molar-refractivity contribution is 6.31. The van der Waals surface area contributed by atoms with Gasteiger partial charge in [0.15, 0.2) is 0 Å². The molecule has 0 bridgehead atoms. The topological polar surface area (TPSA) is 9.23 Å². The van der Waals surface area contributed by atoms with Crippen molar-refractivity contribution in [3.8, 4) is 5.75 Å². The molecule has 86 valence electrons. The van der Waals surface area contributed by atoms with Crippen molar-refractivity contribution >= 4 is 23.2 Å². The summed E-state index contributed by atoms with van der Waals surface area (Å²) in [4.78, 5) is 0. The molecule has 2 aliphatic rings. The normalized spacial score (nSPS) is 20.4. The Morgan fingerprint density at radius 1 is 1.38 bits per heavy atom. The van der Waals surface area contributed by atoms with Crippen LogP contribution in [0.25, 0.3) is 0 Å². The maximum atomic E-state index is 6.46. The van der Waals surface area contributed by atoms with Crippen molar-refractivity contribution in [2.45, 2.75) is 31.1 Å². The second-order valence-electron chi connectivity index (χ2n) is 4.73. The Bertz CT molecular complexity index is 413. The van der Waals surface area contributed by atoms with Gasteiger partial charge in [-0.15, -0.1) is 11.6 Å². The average molecular weight is 257 g/mol. The van der Waals surface area contributed by atoms with E-state index in [1.807, 2.05) is 12.1 Å². The molecule has 1 aromatic rings. The van der Waals surface area contributed by atoms with E-state index in [4.69, 9.17) is 27.9 Å². The lowest BCUT2D eigenvalue weighted by Gasteiger charge is -2.14. The minimum absolute atomic E-state index is 0.0537. The van der Waals surface area contributed by atoms with Gasteiger partial charge in [-0.05, 0) is 30.0 Å². The van der Waals surface area contributed by atoms with Gasteiger partial charge in [-0.3, -0.25) is 0 Å². The Morgan fingerprint density at radius 2 is 2.19 bits per heavy atom. The van der Waals surface area contributed by atoms with Gasteiger partial charge in [0.1, 0.15) is 5.75 Å². The molecule has 1 aliphatic carbocycles. The molecule has 1 unspecified atom stereocenters. The Labute approximate surface area is 106 Å². The molecule has 1 fully saturated rings. The summed E-state index contributed by atoms with van der Waals surface area (Å²) >= 11 is 12.6. The first-order chi connectivity index (χ1) is 7.74. The van der Waals surface area contributed by atoms with Crippen LogP contribution < -0.4 is 4.74 Å². The third kappa shape index (κ3) is 2.03. The van der Waals surface area contributed by atoms with E-state index >= 15 is 0 Å². The smallest absolute Gasteiger partial charge is 0.127 e. The molecule has 1 aliphatic heterocycles. The highest BCUT2D eigenvalue weighted by Crippen LogP contribution is 2.45. The Kier molecular flexibility index (Phi) is 2.76. The van der Waals surface area contributed by atoms with Crippen LogP contribution in [0.5, 0.6) is 5.75 Å². The molecule has 0 N–H and O–H groups in total. The minimum atomic E-state index is 0.0537. The second-order valence-corrected chi connectivity index (χ2v) is 5.69. The van der Waals surface area contributed by atoms with Crippen LogP contribution >= 0.6 is 23.2 Å². The highest BCUT2D eigenvalue weighted by Gasteiger charge is 2.28. The van der Waals surface area contributed by atoms with Gasteiger partial charge in [-0.2, -0.15) is 0 Å². The van der Waals surface area contributed by atoms with Crippen LogP contribution in [-0.4, -0.2) is 6.61 Å². The SMILES string of the molecule is Clc1cc2c(c(C(Cl)CC3CC3)c1)OCC2. The zero-order valence-electron chi connectivity index (χ0n) is 9.01. The van der Waals surface area contributed by atoms with Crippen LogP contribution in [0, 0.1) is 5.92 Å². The fourth-order valence-corrected chi connectivity index (χ4v) is 2.97. The molecule has 0 radical (unpaired) electrons. The number of ether oxygens (including phenoxy) is 1. The Balaban J connectivity index is 1.92. The summed E-state index contributed by atoms with van der Waals surface area (Å²) in [7, 11) is 0. The molecule has 3 rings (SSSR count). The summed E-state index contributed by atoms with van der Waals surface area (Å²) < 4.78 is 5.66. The van der Waals surface area contributed by atoms with Crippen LogP contribution in [0.3, 0.4) is 0 Å². The van der Waals surface area contributed by atoms with Gasteiger partial charge < -0.3 is 4.74 Å². The maximum absolute atomic E-state index is 6.46. The number of hydrogen-bond donors (Lipinski definition) is 0. The number of alkyl halides is 1. The number of hydrogen-bond acceptors (Lipinski definition) is 1. The Hall–Kier alpha value is -0.400. The third-order valence-electron chi connectivity index (χ3n) is 3.35. The molecule has 1 saturated carbocycles. The fourth-order valence-electron chi connectivity index (χ4n) is 2.30.